The fourth-order valence-corrected chi connectivity index (χ4v) is 1.64. The van der Waals surface area contributed by atoms with Gasteiger partial charge in [-0.2, -0.15) is 0 Å². The Balaban J connectivity index is 2.70. The maximum atomic E-state index is 11.7. The Labute approximate surface area is 119 Å². The Bertz CT molecular complexity index is 451. The van der Waals surface area contributed by atoms with Crippen molar-refractivity contribution < 1.29 is 19.1 Å². The highest BCUT2D eigenvalue weighted by molar-refractivity contribution is 5.81. The minimum atomic E-state index is -0.766. The second-order valence-corrected chi connectivity index (χ2v) is 5.41. The number of ether oxygens (including phenoxy) is 2. The summed E-state index contributed by atoms with van der Waals surface area (Å²) < 4.78 is 9.85. The maximum Gasteiger partial charge on any atom is 0.408 e. The lowest BCUT2D eigenvalue weighted by Gasteiger charge is -2.22. The van der Waals surface area contributed by atoms with Gasteiger partial charge in [0.15, 0.2) is 0 Å². The van der Waals surface area contributed by atoms with E-state index in [9.17, 15) is 9.59 Å². The number of benzene rings is 1. The van der Waals surface area contributed by atoms with Crippen LogP contribution in [0.15, 0.2) is 30.3 Å². The minimum Gasteiger partial charge on any atom is -0.467 e. The number of rotatable bonds is 4. The maximum absolute atomic E-state index is 11.7. The van der Waals surface area contributed by atoms with Crippen LogP contribution in [0.2, 0.25) is 0 Å². The molecule has 0 saturated carbocycles. The van der Waals surface area contributed by atoms with Crippen LogP contribution in [-0.2, 0) is 20.7 Å². The molecule has 5 nitrogen and oxygen atoms in total. The van der Waals surface area contributed by atoms with Crippen molar-refractivity contribution in [1.82, 2.24) is 5.32 Å². The molecule has 0 radical (unpaired) electrons. The molecule has 1 atom stereocenters. The van der Waals surface area contributed by atoms with Gasteiger partial charge in [0.25, 0.3) is 0 Å². The molecule has 0 heterocycles. The summed E-state index contributed by atoms with van der Waals surface area (Å²) in [5.74, 6) is -0.500. The van der Waals surface area contributed by atoms with Crippen LogP contribution in [0.5, 0.6) is 0 Å². The lowest BCUT2D eigenvalue weighted by atomic mass is 10.1. The van der Waals surface area contributed by atoms with Gasteiger partial charge < -0.3 is 14.8 Å². The Kier molecular flexibility index (Phi) is 5.55. The number of esters is 1. The van der Waals surface area contributed by atoms with Gasteiger partial charge in [-0.25, -0.2) is 9.59 Å². The van der Waals surface area contributed by atoms with Gasteiger partial charge in [-0.3, -0.25) is 0 Å². The molecule has 0 aliphatic carbocycles. The normalized spacial score (nSPS) is 12.4. The lowest BCUT2D eigenvalue weighted by molar-refractivity contribution is -0.143. The van der Waals surface area contributed by atoms with E-state index in [1.807, 2.05) is 30.3 Å². The molecule has 0 bridgehead atoms. The first-order chi connectivity index (χ1) is 9.31. The van der Waals surface area contributed by atoms with E-state index in [2.05, 4.69) is 5.32 Å². The number of hydrogen-bond acceptors (Lipinski definition) is 4. The summed E-state index contributed by atoms with van der Waals surface area (Å²) in [4.78, 5) is 23.5. The number of carbonyl (C=O) groups excluding carboxylic acids is 2. The SMILES string of the molecule is COC(=O)C(Cc1ccccc1)NC(=O)OC(C)(C)C. The highest BCUT2D eigenvalue weighted by Crippen LogP contribution is 2.09. The van der Waals surface area contributed by atoms with Crippen molar-refractivity contribution in [2.24, 2.45) is 0 Å². The van der Waals surface area contributed by atoms with E-state index in [1.54, 1.807) is 20.8 Å². The van der Waals surface area contributed by atoms with Crippen LogP contribution in [-0.4, -0.2) is 30.8 Å². The van der Waals surface area contributed by atoms with Gasteiger partial charge in [0, 0.05) is 6.42 Å². The molecule has 1 aromatic carbocycles. The Hall–Kier alpha value is -2.04. The van der Waals surface area contributed by atoms with Crippen LogP contribution in [0.25, 0.3) is 0 Å². The van der Waals surface area contributed by atoms with Gasteiger partial charge in [-0.15, -0.1) is 0 Å². The molecule has 1 N–H and O–H groups in total. The number of hydrogen-bond donors (Lipinski definition) is 1. The molecule has 1 amide bonds. The van der Waals surface area contributed by atoms with Crippen LogP contribution >= 0.6 is 0 Å². The fourth-order valence-electron chi connectivity index (χ4n) is 1.64. The van der Waals surface area contributed by atoms with E-state index < -0.39 is 23.7 Å². The van der Waals surface area contributed by atoms with Crippen LogP contribution in [0.3, 0.4) is 0 Å². The quantitative estimate of drug-likeness (QED) is 0.859. The zero-order chi connectivity index (χ0) is 15.2. The van der Waals surface area contributed by atoms with Gasteiger partial charge >= 0.3 is 12.1 Å². The third kappa shape index (κ3) is 5.73. The smallest absolute Gasteiger partial charge is 0.408 e. The van der Waals surface area contributed by atoms with Crippen LogP contribution in [0.4, 0.5) is 4.79 Å². The summed E-state index contributed by atoms with van der Waals surface area (Å²) >= 11 is 0. The third-order valence-corrected chi connectivity index (χ3v) is 2.46. The largest absolute Gasteiger partial charge is 0.467 e. The predicted octanol–water partition coefficient (Wildman–Crippen LogP) is 2.30. The zero-order valence-corrected chi connectivity index (χ0v) is 12.3. The number of amides is 1. The van der Waals surface area contributed by atoms with Crippen LogP contribution in [0, 0.1) is 0 Å². The Morgan fingerprint density at radius 2 is 1.80 bits per heavy atom. The number of nitrogens with one attached hydrogen (secondary N) is 1. The molecule has 0 saturated heterocycles. The topological polar surface area (TPSA) is 64.6 Å². The van der Waals surface area contributed by atoms with Crippen molar-refractivity contribution in [2.45, 2.75) is 38.8 Å². The van der Waals surface area contributed by atoms with Gasteiger partial charge in [0.1, 0.15) is 11.6 Å². The molecule has 1 unspecified atom stereocenters. The van der Waals surface area contributed by atoms with Gasteiger partial charge in [-0.1, -0.05) is 30.3 Å². The first-order valence-electron chi connectivity index (χ1n) is 6.43. The van der Waals surface area contributed by atoms with E-state index in [1.165, 1.54) is 7.11 Å². The van der Waals surface area contributed by atoms with Crippen LogP contribution < -0.4 is 5.32 Å². The lowest BCUT2D eigenvalue weighted by Crippen LogP contribution is -2.45. The fraction of sp³-hybridized carbons (Fsp3) is 0.467. The van der Waals surface area contributed by atoms with E-state index in [0.29, 0.717) is 6.42 Å². The molecule has 0 aliphatic heterocycles. The highest BCUT2D eigenvalue weighted by Gasteiger charge is 2.25. The third-order valence-electron chi connectivity index (χ3n) is 2.46. The van der Waals surface area contributed by atoms with Crippen LogP contribution in [0.1, 0.15) is 26.3 Å². The first kappa shape index (κ1) is 16.0. The molecule has 0 aromatic heterocycles. The second kappa shape index (κ2) is 6.93. The average molecular weight is 279 g/mol. The molecule has 0 spiro atoms. The molecule has 1 rings (SSSR count). The van der Waals surface area contributed by atoms with Gasteiger partial charge in [-0.05, 0) is 26.3 Å². The summed E-state index contributed by atoms with van der Waals surface area (Å²) in [6, 6.07) is 8.63. The molecule has 0 fully saturated rings. The summed E-state index contributed by atoms with van der Waals surface area (Å²) in [5, 5.41) is 2.54. The van der Waals surface area contributed by atoms with E-state index in [-0.39, 0.29) is 0 Å². The predicted molar refractivity (Wildman–Crippen MR) is 75.3 cm³/mol. The molecular weight excluding hydrogens is 258 g/mol. The Morgan fingerprint density at radius 3 is 2.30 bits per heavy atom. The Morgan fingerprint density at radius 1 is 1.20 bits per heavy atom. The monoisotopic (exact) mass is 279 g/mol. The van der Waals surface area contributed by atoms with Gasteiger partial charge in [0.05, 0.1) is 7.11 Å². The number of alkyl carbamates (subject to hydrolysis) is 1. The summed E-state index contributed by atoms with van der Waals surface area (Å²) in [5.41, 5.74) is 0.316. The van der Waals surface area contributed by atoms with Crippen molar-refractivity contribution in [3.63, 3.8) is 0 Å². The van der Waals surface area contributed by atoms with Crippen molar-refractivity contribution in [3.05, 3.63) is 35.9 Å². The standard InChI is InChI=1S/C15H21NO4/c1-15(2,3)20-14(18)16-12(13(17)19-4)10-11-8-6-5-7-9-11/h5-9,12H,10H2,1-4H3,(H,16,18). The number of methoxy groups -OCH3 is 1. The van der Waals surface area contributed by atoms with Crippen molar-refractivity contribution >= 4 is 12.1 Å². The van der Waals surface area contributed by atoms with Crippen molar-refractivity contribution in [2.75, 3.05) is 7.11 Å². The molecule has 0 aliphatic rings. The zero-order valence-electron chi connectivity index (χ0n) is 12.3. The van der Waals surface area contributed by atoms with Gasteiger partial charge in [0.2, 0.25) is 0 Å². The molecular formula is C15H21NO4. The molecule has 20 heavy (non-hydrogen) atoms. The summed E-state index contributed by atoms with van der Waals surface area (Å²) in [7, 11) is 1.29. The second-order valence-electron chi connectivity index (χ2n) is 5.41. The van der Waals surface area contributed by atoms with Crippen molar-refractivity contribution in [1.29, 1.82) is 0 Å². The van der Waals surface area contributed by atoms with Crippen molar-refractivity contribution in [3.8, 4) is 0 Å². The number of carbonyl (C=O) groups is 2. The highest BCUT2D eigenvalue weighted by atomic mass is 16.6. The van der Waals surface area contributed by atoms with E-state index >= 15 is 0 Å². The average Bonchev–Trinajstić information content (AvgIpc) is 2.36. The van der Waals surface area contributed by atoms with E-state index in [4.69, 9.17) is 9.47 Å². The molecule has 110 valence electrons. The minimum absolute atomic E-state index is 0.354. The molecule has 5 heteroatoms. The van der Waals surface area contributed by atoms with E-state index in [0.717, 1.165) is 5.56 Å². The summed E-state index contributed by atoms with van der Waals surface area (Å²) in [6.07, 6.45) is -0.281. The summed E-state index contributed by atoms with van der Waals surface area (Å²) in [6.45, 7) is 5.28. The molecule has 1 aromatic rings. The first-order valence-corrected chi connectivity index (χ1v) is 6.43.